The lowest BCUT2D eigenvalue weighted by Crippen LogP contribution is -2.44. The van der Waals surface area contributed by atoms with Crippen molar-refractivity contribution in [2.24, 2.45) is 5.73 Å². The summed E-state index contributed by atoms with van der Waals surface area (Å²) in [6.07, 6.45) is 3.33. The number of piperidine rings is 1. The molecule has 0 amide bonds. The van der Waals surface area contributed by atoms with Crippen LogP contribution in [0.5, 0.6) is 0 Å². The van der Waals surface area contributed by atoms with Gasteiger partial charge in [0.15, 0.2) is 0 Å². The van der Waals surface area contributed by atoms with Crippen LogP contribution in [-0.2, 0) is 10.0 Å². The molecule has 2 N–H and O–H groups in total. The van der Waals surface area contributed by atoms with Crippen LogP contribution in [0.2, 0.25) is 0 Å². The van der Waals surface area contributed by atoms with Crippen molar-refractivity contribution in [3.8, 4) is 0 Å². The van der Waals surface area contributed by atoms with Crippen LogP contribution in [0.3, 0.4) is 0 Å². The van der Waals surface area contributed by atoms with E-state index in [1.54, 1.807) is 4.31 Å². The first-order valence-corrected chi connectivity index (χ1v) is 6.35. The minimum absolute atomic E-state index is 0.0678. The van der Waals surface area contributed by atoms with Gasteiger partial charge in [-0.05, 0) is 25.7 Å². The van der Waals surface area contributed by atoms with Crippen molar-refractivity contribution in [1.82, 2.24) is 4.31 Å². The topological polar surface area (TPSA) is 63.4 Å². The summed E-state index contributed by atoms with van der Waals surface area (Å²) < 4.78 is 25.1. The number of rotatable bonds is 2. The molecule has 13 heavy (non-hydrogen) atoms. The summed E-state index contributed by atoms with van der Waals surface area (Å²) in [4.78, 5) is 0. The normalized spacial score (nSPS) is 27.8. The second-order valence-electron chi connectivity index (χ2n) is 3.98. The molecule has 2 rings (SSSR count). The molecule has 2 aliphatic rings. The monoisotopic (exact) mass is 204 g/mol. The van der Waals surface area contributed by atoms with Crippen LogP contribution >= 0.6 is 0 Å². The SMILES string of the molecule is NC1CCN(S(=O)(=O)C2CC2)CC1. The first-order valence-electron chi connectivity index (χ1n) is 4.85. The van der Waals surface area contributed by atoms with Gasteiger partial charge in [0.1, 0.15) is 0 Å². The van der Waals surface area contributed by atoms with E-state index in [9.17, 15) is 8.42 Å². The lowest BCUT2D eigenvalue weighted by Gasteiger charge is -2.29. The number of nitrogens with zero attached hydrogens (tertiary/aromatic N) is 1. The summed E-state index contributed by atoms with van der Waals surface area (Å²) in [6.45, 7) is 1.25. The molecule has 0 bridgehead atoms. The maximum atomic E-state index is 11.7. The fourth-order valence-corrected chi connectivity index (χ4v) is 3.58. The van der Waals surface area contributed by atoms with Gasteiger partial charge in [0.2, 0.25) is 10.0 Å². The summed E-state index contributed by atoms with van der Waals surface area (Å²) in [5.41, 5.74) is 5.71. The second-order valence-corrected chi connectivity index (χ2v) is 6.19. The lowest BCUT2D eigenvalue weighted by molar-refractivity contribution is 0.319. The molecular weight excluding hydrogens is 188 g/mol. The van der Waals surface area contributed by atoms with E-state index in [-0.39, 0.29) is 11.3 Å². The molecule has 76 valence electrons. The van der Waals surface area contributed by atoms with Crippen LogP contribution in [0.1, 0.15) is 25.7 Å². The zero-order valence-electron chi connectivity index (χ0n) is 7.65. The summed E-state index contributed by atoms with van der Waals surface area (Å²) in [6, 6.07) is 0.200. The minimum Gasteiger partial charge on any atom is -0.328 e. The van der Waals surface area contributed by atoms with E-state index in [0.29, 0.717) is 13.1 Å². The lowest BCUT2D eigenvalue weighted by atomic mass is 10.1. The first kappa shape index (κ1) is 9.43. The van der Waals surface area contributed by atoms with Crippen molar-refractivity contribution in [2.75, 3.05) is 13.1 Å². The van der Waals surface area contributed by atoms with Gasteiger partial charge in [0.05, 0.1) is 5.25 Å². The molecular formula is C8H16N2O2S. The highest BCUT2D eigenvalue weighted by molar-refractivity contribution is 7.90. The van der Waals surface area contributed by atoms with E-state index in [1.165, 1.54) is 0 Å². The quantitative estimate of drug-likeness (QED) is 0.683. The molecule has 4 nitrogen and oxygen atoms in total. The summed E-state index contributed by atoms with van der Waals surface area (Å²) >= 11 is 0. The molecule has 0 radical (unpaired) electrons. The molecule has 1 heterocycles. The van der Waals surface area contributed by atoms with Crippen molar-refractivity contribution in [1.29, 1.82) is 0 Å². The maximum absolute atomic E-state index is 11.7. The molecule has 0 aromatic rings. The van der Waals surface area contributed by atoms with Crippen LogP contribution < -0.4 is 5.73 Å². The van der Waals surface area contributed by atoms with Crippen LogP contribution in [0.15, 0.2) is 0 Å². The second kappa shape index (κ2) is 3.22. The van der Waals surface area contributed by atoms with E-state index in [2.05, 4.69) is 0 Å². The molecule has 0 atom stereocenters. The Morgan fingerprint density at radius 2 is 1.62 bits per heavy atom. The van der Waals surface area contributed by atoms with E-state index < -0.39 is 10.0 Å². The average molecular weight is 204 g/mol. The Balaban J connectivity index is 2.01. The standard InChI is InChI=1S/C8H16N2O2S/c9-7-3-5-10(6-4-7)13(11,12)8-1-2-8/h7-8H,1-6,9H2. The van der Waals surface area contributed by atoms with Gasteiger partial charge < -0.3 is 5.73 Å². The molecule has 0 aromatic carbocycles. The van der Waals surface area contributed by atoms with Crippen LogP contribution in [-0.4, -0.2) is 37.1 Å². The summed E-state index contributed by atoms with van der Waals surface area (Å²) in [5.74, 6) is 0. The molecule has 1 aliphatic heterocycles. The summed E-state index contributed by atoms with van der Waals surface area (Å²) in [7, 11) is -2.93. The number of sulfonamides is 1. The molecule has 2 fully saturated rings. The predicted molar refractivity (Wildman–Crippen MR) is 50.7 cm³/mol. The Labute approximate surface area is 79.1 Å². The van der Waals surface area contributed by atoms with Gasteiger partial charge in [-0.2, -0.15) is 0 Å². The van der Waals surface area contributed by atoms with Crippen molar-refractivity contribution in [3.63, 3.8) is 0 Å². The molecule has 1 saturated heterocycles. The Morgan fingerprint density at radius 3 is 2.08 bits per heavy atom. The zero-order chi connectivity index (χ0) is 9.47. The van der Waals surface area contributed by atoms with Crippen molar-refractivity contribution < 1.29 is 8.42 Å². The number of nitrogens with two attached hydrogens (primary N) is 1. The Kier molecular flexibility index (Phi) is 2.33. The van der Waals surface area contributed by atoms with Crippen LogP contribution in [0.25, 0.3) is 0 Å². The van der Waals surface area contributed by atoms with Gasteiger partial charge in [0.25, 0.3) is 0 Å². The highest BCUT2D eigenvalue weighted by atomic mass is 32.2. The third-order valence-corrected chi connectivity index (χ3v) is 5.20. The van der Waals surface area contributed by atoms with Gasteiger partial charge in [0, 0.05) is 19.1 Å². The van der Waals surface area contributed by atoms with Gasteiger partial charge in [-0.1, -0.05) is 0 Å². The molecule has 5 heteroatoms. The minimum atomic E-state index is -2.93. The maximum Gasteiger partial charge on any atom is 0.216 e. The fourth-order valence-electron chi connectivity index (χ4n) is 1.71. The molecule has 1 aliphatic carbocycles. The van der Waals surface area contributed by atoms with E-state index >= 15 is 0 Å². The zero-order valence-corrected chi connectivity index (χ0v) is 8.46. The fraction of sp³-hybridized carbons (Fsp3) is 1.00. The Bertz CT molecular complexity index is 277. The van der Waals surface area contributed by atoms with Gasteiger partial charge >= 0.3 is 0 Å². The van der Waals surface area contributed by atoms with E-state index in [1.807, 2.05) is 0 Å². The van der Waals surface area contributed by atoms with Gasteiger partial charge in [-0.3, -0.25) is 0 Å². The first-order chi connectivity index (χ1) is 6.10. The molecule has 0 unspecified atom stereocenters. The predicted octanol–water partition coefficient (Wildman–Crippen LogP) is -0.0983. The van der Waals surface area contributed by atoms with Crippen molar-refractivity contribution in [2.45, 2.75) is 37.0 Å². The number of hydrogen-bond acceptors (Lipinski definition) is 3. The highest BCUT2D eigenvalue weighted by Gasteiger charge is 2.40. The van der Waals surface area contributed by atoms with Gasteiger partial charge in [-0.15, -0.1) is 0 Å². The van der Waals surface area contributed by atoms with Crippen LogP contribution in [0, 0.1) is 0 Å². The third kappa shape index (κ3) is 1.87. The summed E-state index contributed by atoms with van der Waals surface area (Å²) in [5, 5.41) is -0.0678. The smallest absolute Gasteiger partial charge is 0.216 e. The molecule has 0 spiro atoms. The Hall–Kier alpha value is -0.130. The van der Waals surface area contributed by atoms with Crippen LogP contribution in [0.4, 0.5) is 0 Å². The molecule has 1 saturated carbocycles. The van der Waals surface area contributed by atoms with Crippen molar-refractivity contribution >= 4 is 10.0 Å². The molecule has 0 aromatic heterocycles. The van der Waals surface area contributed by atoms with Crippen molar-refractivity contribution in [3.05, 3.63) is 0 Å². The number of hydrogen-bond donors (Lipinski definition) is 1. The third-order valence-electron chi connectivity index (χ3n) is 2.80. The van der Waals surface area contributed by atoms with E-state index in [0.717, 1.165) is 25.7 Å². The highest BCUT2D eigenvalue weighted by Crippen LogP contribution is 2.32. The van der Waals surface area contributed by atoms with E-state index in [4.69, 9.17) is 5.73 Å². The Morgan fingerprint density at radius 1 is 1.08 bits per heavy atom. The van der Waals surface area contributed by atoms with Gasteiger partial charge in [-0.25, -0.2) is 12.7 Å². The average Bonchev–Trinajstić information content (AvgIpc) is 2.87. The largest absolute Gasteiger partial charge is 0.328 e.